The van der Waals surface area contributed by atoms with Gasteiger partial charge in [0.15, 0.2) is 5.65 Å². The molecule has 27 heavy (non-hydrogen) atoms. The number of nitrogens with zero attached hydrogens (tertiary/aromatic N) is 4. The van der Waals surface area contributed by atoms with E-state index in [9.17, 15) is 9.59 Å². The van der Waals surface area contributed by atoms with Crippen LogP contribution in [0.4, 0.5) is 5.69 Å². The van der Waals surface area contributed by atoms with Crippen LogP contribution < -0.4 is 10.9 Å². The summed E-state index contributed by atoms with van der Waals surface area (Å²) in [4.78, 5) is 29.4. The molecule has 0 saturated carbocycles. The Morgan fingerprint density at radius 3 is 2.59 bits per heavy atom. The lowest BCUT2D eigenvalue weighted by atomic mass is 10.2. The fourth-order valence-corrected chi connectivity index (χ4v) is 2.88. The summed E-state index contributed by atoms with van der Waals surface area (Å²) in [5.74, 6) is -0.289. The minimum Gasteiger partial charge on any atom is -0.324 e. The predicted octanol–water partition coefficient (Wildman–Crippen LogP) is 2.53. The fourth-order valence-electron chi connectivity index (χ4n) is 2.88. The van der Waals surface area contributed by atoms with Gasteiger partial charge in [-0.3, -0.25) is 14.2 Å². The largest absolute Gasteiger partial charge is 0.324 e. The molecular formula is C20H17N5O2. The molecule has 0 atom stereocenters. The van der Waals surface area contributed by atoms with Gasteiger partial charge in [0.1, 0.15) is 18.3 Å². The molecule has 4 rings (SSSR count). The lowest BCUT2D eigenvalue weighted by molar-refractivity contribution is -0.116. The molecule has 2 aromatic carbocycles. The summed E-state index contributed by atoms with van der Waals surface area (Å²) < 4.78 is 2.89. The van der Waals surface area contributed by atoms with Crippen LogP contribution in [-0.4, -0.2) is 25.2 Å². The van der Waals surface area contributed by atoms with Crippen LogP contribution in [-0.2, 0) is 11.3 Å². The molecule has 7 nitrogen and oxygen atoms in total. The standard InChI is InChI=1S/C20H17N5O2/c1-14-7-5-6-10-17(14)23-18(26)12-24-13-21-19-16(20(24)27)11-22-25(19)15-8-3-2-4-9-15/h2-11,13H,12H2,1H3,(H,23,26). The first-order chi connectivity index (χ1) is 13.1. The molecule has 0 bridgehead atoms. The molecular weight excluding hydrogens is 342 g/mol. The van der Waals surface area contributed by atoms with Gasteiger partial charge in [0.2, 0.25) is 5.91 Å². The van der Waals surface area contributed by atoms with Crippen LogP contribution in [0.3, 0.4) is 0 Å². The normalized spacial score (nSPS) is 10.9. The summed E-state index contributed by atoms with van der Waals surface area (Å²) in [5, 5.41) is 7.45. The highest BCUT2D eigenvalue weighted by atomic mass is 16.2. The van der Waals surface area contributed by atoms with Gasteiger partial charge in [-0.05, 0) is 30.7 Å². The van der Waals surface area contributed by atoms with Crippen molar-refractivity contribution in [1.29, 1.82) is 0 Å². The van der Waals surface area contributed by atoms with Gasteiger partial charge in [0.05, 0.1) is 11.9 Å². The van der Waals surface area contributed by atoms with Crippen LogP contribution in [0.2, 0.25) is 0 Å². The first-order valence-electron chi connectivity index (χ1n) is 8.47. The van der Waals surface area contributed by atoms with E-state index in [1.165, 1.54) is 17.1 Å². The van der Waals surface area contributed by atoms with E-state index in [4.69, 9.17) is 0 Å². The van der Waals surface area contributed by atoms with Crippen LogP contribution in [0.5, 0.6) is 0 Å². The Hall–Kier alpha value is -3.74. The van der Waals surface area contributed by atoms with Crippen molar-refractivity contribution >= 4 is 22.6 Å². The molecule has 0 aliphatic heterocycles. The van der Waals surface area contributed by atoms with Crippen LogP contribution in [0.1, 0.15) is 5.56 Å². The molecule has 1 N–H and O–H groups in total. The highest BCUT2D eigenvalue weighted by Crippen LogP contribution is 2.14. The molecule has 0 aliphatic carbocycles. The van der Waals surface area contributed by atoms with Crippen LogP contribution in [0, 0.1) is 6.92 Å². The summed E-state index contributed by atoms with van der Waals surface area (Å²) in [5.41, 5.74) is 2.65. The highest BCUT2D eigenvalue weighted by molar-refractivity contribution is 5.91. The zero-order chi connectivity index (χ0) is 18.8. The van der Waals surface area contributed by atoms with Gasteiger partial charge in [-0.1, -0.05) is 36.4 Å². The SMILES string of the molecule is Cc1ccccc1NC(=O)Cn1cnc2c(cnn2-c2ccccc2)c1=O. The van der Waals surface area contributed by atoms with Crippen LogP contribution in [0.15, 0.2) is 71.9 Å². The molecule has 4 aromatic rings. The third-order valence-electron chi connectivity index (χ3n) is 4.29. The third-order valence-corrected chi connectivity index (χ3v) is 4.29. The molecule has 2 heterocycles. The molecule has 7 heteroatoms. The summed E-state index contributed by atoms with van der Waals surface area (Å²) in [6, 6.07) is 16.9. The zero-order valence-electron chi connectivity index (χ0n) is 14.7. The number of nitrogens with one attached hydrogen (secondary N) is 1. The number of para-hydroxylation sites is 2. The maximum absolute atomic E-state index is 12.7. The number of benzene rings is 2. The minimum absolute atomic E-state index is 0.118. The molecule has 1 amide bonds. The summed E-state index contributed by atoms with van der Waals surface area (Å²) in [6.07, 6.45) is 2.86. The van der Waals surface area contributed by atoms with Crippen LogP contribution >= 0.6 is 0 Å². The van der Waals surface area contributed by atoms with E-state index < -0.39 is 0 Å². The lowest BCUT2D eigenvalue weighted by Crippen LogP contribution is -2.28. The smallest absolute Gasteiger partial charge is 0.264 e. The predicted molar refractivity (Wildman–Crippen MR) is 103 cm³/mol. The monoisotopic (exact) mass is 359 g/mol. The number of hydrogen-bond donors (Lipinski definition) is 1. The van der Waals surface area contributed by atoms with Gasteiger partial charge in [-0.25, -0.2) is 9.67 Å². The Balaban J connectivity index is 1.62. The van der Waals surface area contributed by atoms with Crippen molar-refractivity contribution in [2.75, 3.05) is 5.32 Å². The molecule has 0 fully saturated rings. The zero-order valence-corrected chi connectivity index (χ0v) is 14.7. The first-order valence-corrected chi connectivity index (χ1v) is 8.47. The van der Waals surface area contributed by atoms with Crippen molar-refractivity contribution in [3.8, 4) is 5.69 Å². The van der Waals surface area contributed by atoms with E-state index in [0.717, 1.165) is 16.9 Å². The van der Waals surface area contributed by atoms with E-state index >= 15 is 0 Å². The second kappa shape index (κ2) is 6.87. The van der Waals surface area contributed by atoms with E-state index in [-0.39, 0.29) is 18.0 Å². The Kier molecular flexibility index (Phi) is 4.25. The Morgan fingerprint density at radius 2 is 1.81 bits per heavy atom. The van der Waals surface area contributed by atoms with Crippen LogP contribution in [0.25, 0.3) is 16.7 Å². The molecule has 0 saturated heterocycles. The average molecular weight is 359 g/mol. The molecule has 0 aliphatic rings. The van der Waals surface area contributed by atoms with E-state index in [1.54, 1.807) is 4.68 Å². The quantitative estimate of drug-likeness (QED) is 0.607. The molecule has 0 radical (unpaired) electrons. The number of aryl methyl sites for hydroxylation is 1. The van der Waals surface area contributed by atoms with Crippen molar-refractivity contribution in [2.45, 2.75) is 13.5 Å². The van der Waals surface area contributed by atoms with Crippen molar-refractivity contribution in [3.63, 3.8) is 0 Å². The second-order valence-electron chi connectivity index (χ2n) is 6.17. The maximum atomic E-state index is 12.7. The van der Waals surface area contributed by atoms with Gasteiger partial charge in [-0.15, -0.1) is 0 Å². The van der Waals surface area contributed by atoms with Crippen molar-refractivity contribution in [1.82, 2.24) is 19.3 Å². The lowest BCUT2D eigenvalue weighted by Gasteiger charge is -2.09. The summed E-state index contributed by atoms with van der Waals surface area (Å²) in [6.45, 7) is 1.79. The van der Waals surface area contributed by atoms with E-state index in [1.807, 2.05) is 61.5 Å². The summed E-state index contributed by atoms with van der Waals surface area (Å²) in [7, 11) is 0. The van der Waals surface area contributed by atoms with Gasteiger partial charge in [-0.2, -0.15) is 5.10 Å². The van der Waals surface area contributed by atoms with Crippen molar-refractivity contribution in [3.05, 3.63) is 83.0 Å². The number of carbonyl (C=O) groups excluding carboxylic acids is 1. The second-order valence-corrected chi connectivity index (χ2v) is 6.17. The highest BCUT2D eigenvalue weighted by Gasteiger charge is 2.13. The number of hydrogen-bond acceptors (Lipinski definition) is 4. The Morgan fingerprint density at radius 1 is 1.07 bits per heavy atom. The fraction of sp³-hybridized carbons (Fsp3) is 0.100. The Labute approximate surface area is 154 Å². The molecule has 0 unspecified atom stereocenters. The van der Waals surface area contributed by atoms with Crippen molar-refractivity contribution in [2.24, 2.45) is 0 Å². The maximum Gasteiger partial charge on any atom is 0.264 e. The van der Waals surface area contributed by atoms with Gasteiger partial charge >= 0.3 is 0 Å². The number of anilines is 1. The number of fused-ring (bicyclic) bond motifs is 1. The minimum atomic E-state index is -0.304. The van der Waals surface area contributed by atoms with Gasteiger partial charge in [0, 0.05) is 5.69 Å². The average Bonchev–Trinajstić information content (AvgIpc) is 3.11. The number of aromatic nitrogens is 4. The third kappa shape index (κ3) is 3.22. The molecule has 0 spiro atoms. The van der Waals surface area contributed by atoms with E-state index in [2.05, 4.69) is 15.4 Å². The number of rotatable bonds is 4. The first kappa shape index (κ1) is 16.7. The van der Waals surface area contributed by atoms with Crippen molar-refractivity contribution < 1.29 is 4.79 Å². The van der Waals surface area contributed by atoms with Gasteiger partial charge < -0.3 is 5.32 Å². The van der Waals surface area contributed by atoms with Gasteiger partial charge in [0.25, 0.3) is 5.56 Å². The topological polar surface area (TPSA) is 81.8 Å². The Bertz CT molecular complexity index is 1180. The molecule has 134 valence electrons. The van der Waals surface area contributed by atoms with E-state index in [0.29, 0.717) is 11.0 Å². The number of amides is 1. The number of carbonyl (C=O) groups is 1. The summed E-state index contributed by atoms with van der Waals surface area (Å²) >= 11 is 0. The molecule has 2 aromatic heterocycles.